The number of rotatable bonds is 3. The average molecular weight is 383 g/mol. The third-order valence-electron chi connectivity index (χ3n) is 3.54. The number of hydrogen-bond acceptors (Lipinski definition) is 2. The number of benzene rings is 1. The first kappa shape index (κ1) is 19.3. The van der Waals surface area contributed by atoms with E-state index in [4.69, 9.17) is 0 Å². The molecule has 2 aromatic rings. The number of hydrogen-bond donors (Lipinski definition) is 1. The minimum Gasteiger partial charge on any atom is -0.464 e. The molecule has 0 saturated heterocycles. The summed E-state index contributed by atoms with van der Waals surface area (Å²) >= 11 is 0. The maximum absolute atomic E-state index is 13.9. The molecule has 0 aliphatic carbocycles. The fourth-order valence-electron chi connectivity index (χ4n) is 2.53. The fourth-order valence-corrected chi connectivity index (χ4v) is 3.88. The molecule has 3 nitrogen and oxygen atoms in total. The second-order valence-electron chi connectivity index (χ2n) is 6.66. The van der Waals surface area contributed by atoms with E-state index in [9.17, 15) is 24.2 Å². The van der Waals surface area contributed by atoms with Gasteiger partial charge in [0.1, 0.15) is 10.6 Å². The van der Waals surface area contributed by atoms with Crippen LogP contribution < -0.4 is 0 Å². The molecule has 0 radical (unpaired) electrons. The van der Waals surface area contributed by atoms with Gasteiger partial charge in [0, 0.05) is 16.7 Å². The lowest BCUT2D eigenvalue weighted by atomic mass is 9.91. The van der Waals surface area contributed by atoms with Crippen LogP contribution in [0.3, 0.4) is 0 Å². The van der Waals surface area contributed by atoms with Crippen LogP contribution >= 0.6 is 10.2 Å². The van der Waals surface area contributed by atoms with E-state index in [2.05, 4.69) is 9.72 Å². The predicted octanol–water partition coefficient (Wildman–Crippen LogP) is 6.42. The van der Waals surface area contributed by atoms with Crippen molar-refractivity contribution in [2.24, 2.45) is 0 Å². The van der Waals surface area contributed by atoms with Crippen LogP contribution in [0.25, 0.3) is 11.1 Å². The molecule has 0 saturated carbocycles. The summed E-state index contributed by atoms with van der Waals surface area (Å²) in [6.07, 6.45) is 0. The van der Waals surface area contributed by atoms with Gasteiger partial charge in [-0.1, -0.05) is 70.5 Å². The molecular weight excluding hydrogens is 365 g/mol. The van der Waals surface area contributed by atoms with Gasteiger partial charge in [-0.2, -0.15) is 0 Å². The molecule has 0 aliphatic rings. The number of nitrogens with one attached hydrogen (secondary N) is 1. The molecule has 0 bridgehead atoms. The Morgan fingerprint density at radius 2 is 1.56 bits per heavy atom. The Labute approximate surface area is 141 Å². The van der Waals surface area contributed by atoms with Crippen molar-refractivity contribution in [1.29, 1.82) is 0 Å². The molecule has 1 N–H and O–H groups in total. The monoisotopic (exact) mass is 383 g/mol. The van der Waals surface area contributed by atoms with Gasteiger partial charge in [0.15, 0.2) is 0 Å². The Morgan fingerprint density at radius 1 is 1.04 bits per heavy atom. The zero-order valence-electron chi connectivity index (χ0n) is 14.0. The standard InChI is InChI=1S/C16H18F5NO2S/c1-16(2,3)14-13(25(17,18,19,20)21)11(10-8-6-5-7-9-10)12(22-14)15(23)24-4/h5-9,22H,1-4H3. The summed E-state index contributed by atoms with van der Waals surface area (Å²) in [6.45, 7) is 4.05. The lowest BCUT2D eigenvalue weighted by molar-refractivity contribution is 0.0595. The van der Waals surface area contributed by atoms with Crippen molar-refractivity contribution in [3.63, 3.8) is 0 Å². The van der Waals surface area contributed by atoms with E-state index in [0.717, 1.165) is 7.11 Å². The highest BCUT2D eigenvalue weighted by Gasteiger charge is 2.69. The highest BCUT2D eigenvalue weighted by Crippen LogP contribution is 3.03. The van der Waals surface area contributed by atoms with Crippen molar-refractivity contribution in [3.05, 3.63) is 41.7 Å². The van der Waals surface area contributed by atoms with Crippen LogP contribution in [-0.4, -0.2) is 18.1 Å². The van der Waals surface area contributed by atoms with Crippen molar-refractivity contribution in [2.45, 2.75) is 31.1 Å². The minimum absolute atomic E-state index is 0.155. The molecular formula is C16H18F5NO2S. The van der Waals surface area contributed by atoms with E-state index in [1.807, 2.05) is 0 Å². The van der Waals surface area contributed by atoms with Gasteiger partial charge in [0.25, 0.3) is 0 Å². The van der Waals surface area contributed by atoms with E-state index in [1.54, 1.807) is 0 Å². The molecule has 0 unspecified atom stereocenters. The highest BCUT2D eigenvalue weighted by atomic mass is 32.5. The molecule has 1 heterocycles. The summed E-state index contributed by atoms with van der Waals surface area (Å²) in [5, 5.41) is 0. The molecule has 25 heavy (non-hydrogen) atoms. The van der Waals surface area contributed by atoms with Gasteiger partial charge in [0.2, 0.25) is 0 Å². The Bertz CT molecular complexity index is 821. The molecule has 0 atom stereocenters. The molecule has 0 fully saturated rings. The van der Waals surface area contributed by atoms with Gasteiger partial charge >= 0.3 is 16.2 Å². The van der Waals surface area contributed by atoms with Crippen LogP contribution in [0.5, 0.6) is 0 Å². The number of ether oxygens (including phenoxy) is 1. The largest absolute Gasteiger partial charge is 0.464 e. The number of esters is 1. The average Bonchev–Trinajstić information content (AvgIpc) is 2.87. The fraction of sp³-hybridized carbons (Fsp3) is 0.312. The predicted molar refractivity (Wildman–Crippen MR) is 87.7 cm³/mol. The smallest absolute Gasteiger partial charge is 0.355 e. The van der Waals surface area contributed by atoms with Gasteiger partial charge in [-0.3, -0.25) is 0 Å². The van der Waals surface area contributed by atoms with Gasteiger partial charge < -0.3 is 9.72 Å². The van der Waals surface area contributed by atoms with Gasteiger partial charge in [-0.15, -0.1) is 0 Å². The van der Waals surface area contributed by atoms with Crippen molar-refractivity contribution < 1.29 is 29.0 Å². The molecule has 0 aliphatic heterocycles. The van der Waals surface area contributed by atoms with Crippen LogP contribution in [0.2, 0.25) is 0 Å². The summed E-state index contributed by atoms with van der Waals surface area (Å²) in [7, 11) is -9.16. The van der Waals surface area contributed by atoms with Crippen molar-refractivity contribution >= 4 is 16.2 Å². The van der Waals surface area contributed by atoms with Crippen molar-refractivity contribution in [1.82, 2.24) is 4.98 Å². The SMILES string of the molecule is COC(=O)c1[nH]c(C(C)(C)C)c(S(F)(F)(F)(F)F)c1-c1ccccc1. The summed E-state index contributed by atoms with van der Waals surface area (Å²) in [4.78, 5) is 12.2. The number of carbonyl (C=O) groups excluding carboxylic acids is 1. The third-order valence-corrected chi connectivity index (χ3v) is 4.72. The van der Waals surface area contributed by atoms with Gasteiger partial charge in [-0.25, -0.2) is 4.79 Å². The number of halogens is 5. The molecule has 1 aromatic carbocycles. The first-order chi connectivity index (χ1) is 11.1. The molecule has 140 valence electrons. The number of aromatic amines is 1. The Balaban J connectivity index is 3.08. The summed E-state index contributed by atoms with van der Waals surface area (Å²) in [5.41, 5.74) is -3.78. The number of H-pyrrole nitrogens is 1. The van der Waals surface area contributed by atoms with Gasteiger partial charge in [0.05, 0.1) is 7.11 Å². The lowest BCUT2D eigenvalue weighted by Gasteiger charge is -2.42. The quantitative estimate of drug-likeness (QED) is 0.491. The molecule has 1 aromatic heterocycles. The first-order valence-corrected chi connectivity index (χ1v) is 9.15. The van der Waals surface area contributed by atoms with E-state index < -0.39 is 43.5 Å². The zero-order valence-corrected chi connectivity index (χ0v) is 14.8. The maximum Gasteiger partial charge on any atom is 0.355 e. The molecule has 9 heteroatoms. The van der Waals surface area contributed by atoms with Gasteiger partial charge in [-0.05, 0) is 5.56 Å². The van der Waals surface area contributed by atoms with E-state index in [0.29, 0.717) is 0 Å². The second-order valence-corrected chi connectivity index (χ2v) is 9.00. The normalized spacial score (nSPS) is 15.4. The van der Waals surface area contributed by atoms with Crippen LogP contribution in [0.1, 0.15) is 37.0 Å². The summed E-state index contributed by atoms with van der Waals surface area (Å²) in [5.74, 6) is -1.16. The van der Waals surface area contributed by atoms with E-state index in [1.165, 1.54) is 51.1 Å². The minimum atomic E-state index is -10.1. The first-order valence-electron chi connectivity index (χ1n) is 7.20. The second kappa shape index (κ2) is 5.00. The summed E-state index contributed by atoms with van der Waals surface area (Å²) < 4.78 is 74.0. The Hall–Kier alpha value is -2.03. The van der Waals surface area contributed by atoms with E-state index >= 15 is 0 Å². The van der Waals surface area contributed by atoms with Crippen LogP contribution in [0.15, 0.2) is 35.2 Å². The Morgan fingerprint density at radius 3 is 1.96 bits per heavy atom. The maximum atomic E-state index is 13.9. The molecule has 0 spiro atoms. The third kappa shape index (κ3) is 3.81. The van der Waals surface area contributed by atoms with E-state index in [-0.39, 0.29) is 5.56 Å². The van der Waals surface area contributed by atoms with Crippen LogP contribution in [0.4, 0.5) is 19.4 Å². The molecule has 2 rings (SSSR count). The van der Waals surface area contributed by atoms with Crippen molar-refractivity contribution in [3.8, 4) is 11.1 Å². The summed E-state index contributed by atoms with van der Waals surface area (Å²) in [6, 6.07) is 6.78. The number of aromatic nitrogens is 1. The number of carbonyl (C=O) groups is 1. The van der Waals surface area contributed by atoms with Crippen LogP contribution in [0, 0.1) is 0 Å². The highest BCUT2D eigenvalue weighted by molar-refractivity contribution is 8.46. The number of methoxy groups -OCH3 is 1. The zero-order chi connectivity index (χ0) is 19.3. The topological polar surface area (TPSA) is 42.1 Å². The van der Waals surface area contributed by atoms with Crippen molar-refractivity contribution in [2.75, 3.05) is 7.11 Å². The molecule has 0 amide bonds. The lowest BCUT2D eigenvalue weighted by Crippen LogP contribution is -2.19. The van der Waals surface area contributed by atoms with Crippen LogP contribution in [-0.2, 0) is 10.2 Å². The Kier molecular flexibility index (Phi) is 3.86.